The lowest BCUT2D eigenvalue weighted by atomic mass is 9.74. The lowest BCUT2D eigenvalue weighted by molar-refractivity contribution is -0.0839. The highest BCUT2D eigenvalue weighted by atomic mass is 35.5. The highest BCUT2D eigenvalue weighted by Crippen LogP contribution is 2.42. The van der Waals surface area contributed by atoms with E-state index in [4.69, 9.17) is 16.3 Å². The molecule has 112 valence electrons. The molecule has 0 saturated heterocycles. The summed E-state index contributed by atoms with van der Waals surface area (Å²) >= 11 is 5.84. The van der Waals surface area contributed by atoms with Crippen LogP contribution in [0.15, 0.2) is 18.2 Å². The van der Waals surface area contributed by atoms with Gasteiger partial charge in [-0.15, -0.1) is 0 Å². The van der Waals surface area contributed by atoms with Gasteiger partial charge in [0.1, 0.15) is 5.82 Å². The van der Waals surface area contributed by atoms with Crippen molar-refractivity contribution in [1.29, 1.82) is 0 Å². The molecule has 0 spiro atoms. The maximum absolute atomic E-state index is 14.2. The molecule has 1 N–H and O–H groups in total. The molecule has 1 aliphatic carbocycles. The van der Waals surface area contributed by atoms with Crippen LogP contribution in [0.1, 0.15) is 50.6 Å². The van der Waals surface area contributed by atoms with Crippen molar-refractivity contribution in [3.63, 3.8) is 0 Å². The fourth-order valence-corrected chi connectivity index (χ4v) is 2.99. The number of hydrogen-bond donors (Lipinski definition) is 1. The fraction of sp³-hybridized carbons (Fsp3) is 0.625. The van der Waals surface area contributed by atoms with Crippen LogP contribution in [-0.2, 0) is 4.74 Å². The van der Waals surface area contributed by atoms with E-state index in [2.05, 4.69) is 12.2 Å². The molecule has 2 rings (SSSR count). The summed E-state index contributed by atoms with van der Waals surface area (Å²) < 4.78 is 19.8. The summed E-state index contributed by atoms with van der Waals surface area (Å²) in [6.45, 7) is 2.98. The van der Waals surface area contributed by atoms with Crippen molar-refractivity contribution in [2.45, 2.75) is 50.7 Å². The van der Waals surface area contributed by atoms with Gasteiger partial charge in [-0.2, -0.15) is 0 Å². The summed E-state index contributed by atoms with van der Waals surface area (Å²) in [7, 11) is 1.76. The van der Waals surface area contributed by atoms with E-state index in [-0.39, 0.29) is 17.5 Å². The first-order valence-corrected chi connectivity index (χ1v) is 7.71. The number of ether oxygens (including phenoxy) is 1. The molecule has 1 unspecified atom stereocenters. The SMILES string of the molecule is CCCNC(CC1(OC)CCC1)c1ccc(Cl)cc1F. The van der Waals surface area contributed by atoms with E-state index in [1.54, 1.807) is 19.2 Å². The summed E-state index contributed by atoms with van der Waals surface area (Å²) in [5.74, 6) is -0.239. The highest BCUT2D eigenvalue weighted by molar-refractivity contribution is 6.30. The molecular weight excluding hydrogens is 277 g/mol. The van der Waals surface area contributed by atoms with E-state index in [1.165, 1.54) is 12.5 Å². The Bertz CT molecular complexity index is 443. The van der Waals surface area contributed by atoms with E-state index in [1.807, 2.05) is 0 Å². The molecule has 0 heterocycles. The van der Waals surface area contributed by atoms with Crippen LogP contribution in [0.5, 0.6) is 0 Å². The van der Waals surface area contributed by atoms with Gasteiger partial charge < -0.3 is 10.1 Å². The molecule has 1 saturated carbocycles. The second kappa shape index (κ2) is 6.88. The number of nitrogens with one attached hydrogen (secondary N) is 1. The number of methoxy groups -OCH3 is 1. The third-order valence-corrected chi connectivity index (χ3v) is 4.49. The van der Waals surface area contributed by atoms with Gasteiger partial charge >= 0.3 is 0 Å². The maximum Gasteiger partial charge on any atom is 0.129 e. The molecule has 1 fully saturated rings. The van der Waals surface area contributed by atoms with Gasteiger partial charge in [0.25, 0.3) is 0 Å². The fourth-order valence-electron chi connectivity index (χ4n) is 2.83. The highest BCUT2D eigenvalue weighted by Gasteiger charge is 2.39. The van der Waals surface area contributed by atoms with Crippen LogP contribution in [0.25, 0.3) is 0 Å². The van der Waals surface area contributed by atoms with Gasteiger partial charge in [-0.3, -0.25) is 0 Å². The molecule has 0 bridgehead atoms. The van der Waals surface area contributed by atoms with E-state index in [0.29, 0.717) is 10.6 Å². The quantitative estimate of drug-likeness (QED) is 0.801. The smallest absolute Gasteiger partial charge is 0.129 e. The monoisotopic (exact) mass is 299 g/mol. The van der Waals surface area contributed by atoms with Gasteiger partial charge in [0, 0.05) is 23.7 Å². The number of hydrogen-bond acceptors (Lipinski definition) is 2. The lowest BCUT2D eigenvalue weighted by Gasteiger charge is -2.43. The predicted octanol–water partition coefficient (Wildman–Crippen LogP) is 4.48. The van der Waals surface area contributed by atoms with Gasteiger partial charge in [-0.25, -0.2) is 4.39 Å². The average molecular weight is 300 g/mol. The zero-order valence-corrected chi connectivity index (χ0v) is 13.0. The maximum atomic E-state index is 14.2. The van der Waals surface area contributed by atoms with Crippen molar-refractivity contribution in [3.8, 4) is 0 Å². The third-order valence-electron chi connectivity index (χ3n) is 4.25. The molecular formula is C16H23ClFNO. The van der Waals surface area contributed by atoms with Gasteiger partial charge in [-0.1, -0.05) is 24.6 Å². The van der Waals surface area contributed by atoms with Crippen LogP contribution >= 0.6 is 11.6 Å². The Labute approximate surface area is 125 Å². The summed E-state index contributed by atoms with van der Waals surface area (Å²) in [5.41, 5.74) is 0.600. The summed E-state index contributed by atoms with van der Waals surface area (Å²) in [6, 6.07) is 4.90. The summed E-state index contributed by atoms with van der Waals surface area (Å²) in [5, 5.41) is 3.88. The molecule has 0 aromatic heterocycles. The Morgan fingerprint density at radius 2 is 2.20 bits per heavy atom. The first kappa shape index (κ1) is 15.7. The van der Waals surface area contributed by atoms with Crippen LogP contribution in [-0.4, -0.2) is 19.3 Å². The van der Waals surface area contributed by atoms with Crippen LogP contribution in [0.2, 0.25) is 5.02 Å². The van der Waals surface area contributed by atoms with Gasteiger partial charge in [-0.05, 0) is 50.8 Å². The van der Waals surface area contributed by atoms with E-state index in [0.717, 1.165) is 32.2 Å². The summed E-state index contributed by atoms with van der Waals surface area (Å²) in [4.78, 5) is 0. The largest absolute Gasteiger partial charge is 0.378 e. The molecule has 0 radical (unpaired) electrons. The molecule has 0 amide bonds. The Hall–Kier alpha value is -0.640. The van der Waals surface area contributed by atoms with Crippen molar-refractivity contribution in [2.75, 3.05) is 13.7 Å². The second-order valence-corrected chi connectivity index (χ2v) is 6.05. The van der Waals surface area contributed by atoms with E-state index >= 15 is 0 Å². The summed E-state index contributed by atoms with van der Waals surface area (Å²) in [6.07, 6.45) is 5.14. The third kappa shape index (κ3) is 3.51. The Morgan fingerprint density at radius 1 is 1.45 bits per heavy atom. The molecule has 1 aliphatic rings. The van der Waals surface area contributed by atoms with Crippen LogP contribution < -0.4 is 5.32 Å². The Morgan fingerprint density at radius 3 is 2.70 bits per heavy atom. The first-order valence-electron chi connectivity index (χ1n) is 7.34. The van der Waals surface area contributed by atoms with Crippen LogP contribution in [0.4, 0.5) is 4.39 Å². The average Bonchev–Trinajstić information content (AvgIpc) is 2.38. The molecule has 1 atom stereocenters. The lowest BCUT2D eigenvalue weighted by Crippen LogP contribution is -2.43. The Kier molecular flexibility index (Phi) is 5.42. The minimum Gasteiger partial charge on any atom is -0.378 e. The Balaban J connectivity index is 2.17. The molecule has 1 aromatic carbocycles. The number of rotatable bonds is 7. The minimum absolute atomic E-state index is 0.0209. The number of halogens is 2. The standard InChI is InChI=1S/C16H23ClFNO/c1-3-9-19-15(11-16(20-2)7-4-8-16)13-6-5-12(17)10-14(13)18/h5-6,10,15,19H,3-4,7-9,11H2,1-2H3. The van der Waals surface area contributed by atoms with E-state index < -0.39 is 0 Å². The van der Waals surface area contributed by atoms with Gasteiger partial charge in [0.15, 0.2) is 0 Å². The molecule has 4 heteroatoms. The van der Waals surface area contributed by atoms with E-state index in [9.17, 15) is 4.39 Å². The molecule has 20 heavy (non-hydrogen) atoms. The van der Waals surface area contributed by atoms with Crippen LogP contribution in [0.3, 0.4) is 0 Å². The first-order chi connectivity index (χ1) is 9.60. The second-order valence-electron chi connectivity index (χ2n) is 5.62. The number of benzene rings is 1. The zero-order chi connectivity index (χ0) is 14.6. The van der Waals surface area contributed by atoms with Crippen molar-refractivity contribution in [1.82, 2.24) is 5.32 Å². The minimum atomic E-state index is -0.239. The predicted molar refractivity (Wildman–Crippen MR) is 80.7 cm³/mol. The molecule has 1 aromatic rings. The van der Waals surface area contributed by atoms with Crippen molar-refractivity contribution in [2.24, 2.45) is 0 Å². The van der Waals surface area contributed by atoms with Gasteiger partial charge in [0.2, 0.25) is 0 Å². The normalized spacial score (nSPS) is 18.6. The van der Waals surface area contributed by atoms with Crippen molar-refractivity contribution < 1.29 is 9.13 Å². The molecule has 2 nitrogen and oxygen atoms in total. The molecule has 0 aliphatic heterocycles. The van der Waals surface area contributed by atoms with Gasteiger partial charge in [0.05, 0.1) is 5.60 Å². The van der Waals surface area contributed by atoms with Crippen molar-refractivity contribution in [3.05, 3.63) is 34.6 Å². The van der Waals surface area contributed by atoms with Crippen molar-refractivity contribution >= 4 is 11.6 Å². The zero-order valence-electron chi connectivity index (χ0n) is 12.2. The topological polar surface area (TPSA) is 21.3 Å². The van der Waals surface area contributed by atoms with Crippen LogP contribution in [0, 0.1) is 5.82 Å².